The predicted octanol–water partition coefficient (Wildman–Crippen LogP) is 6.51. The highest BCUT2D eigenvalue weighted by molar-refractivity contribution is 7.99. The number of hydrogen-bond donors (Lipinski definition) is 1. The molecule has 0 fully saturated rings. The van der Waals surface area contributed by atoms with Gasteiger partial charge in [0.1, 0.15) is 6.04 Å². The average Bonchev–Trinajstić information content (AvgIpc) is 2.77. The van der Waals surface area contributed by atoms with E-state index in [4.69, 9.17) is 23.2 Å². The third kappa shape index (κ3) is 8.02. The van der Waals surface area contributed by atoms with Crippen LogP contribution in [0.25, 0.3) is 0 Å². The Labute approximate surface area is 206 Å². The number of hydrogen-bond acceptors (Lipinski definition) is 3. The molecule has 0 heterocycles. The Morgan fingerprint density at radius 1 is 1.06 bits per heavy atom. The molecule has 0 aliphatic heterocycles. The van der Waals surface area contributed by atoms with Crippen molar-refractivity contribution in [1.82, 2.24) is 10.2 Å². The molecule has 0 bridgehead atoms. The lowest BCUT2D eigenvalue weighted by molar-refractivity contribution is -0.141. The van der Waals surface area contributed by atoms with Crippen LogP contribution in [-0.2, 0) is 16.1 Å². The summed E-state index contributed by atoms with van der Waals surface area (Å²) in [6.07, 6.45) is 2.72. The third-order valence-electron chi connectivity index (χ3n) is 5.21. The molecule has 0 aliphatic carbocycles. The molecule has 174 valence electrons. The number of aryl methyl sites for hydroxylation is 1. The molecule has 2 amide bonds. The van der Waals surface area contributed by atoms with Gasteiger partial charge in [-0.25, -0.2) is 0 Å². The van der Waals surface area contributed by atoms with Crippen molar-refractivity contribution in [2.75, 3.05) is 12.3 Å². The molecule has 0 spiro atoms. The quantitative estimate of drug-likeness (QED) is 0.270. The summed E-state index contributed by atoms with van der Waals surface area (Å²) in [5.74, 6) is 0.407. The van der Waals surface area contributed by atoms with Crippen LogP contribution >= 0.6 is 35.0 Å². The number of amides is 2. The fraction of sp³-hybridized carbons (Fsp3) is 0.440. The van der Waals surface area contributed by atoms with Gasteiger partial charge in [0, 0.05) is 45.8 Å². The topological polar surface area (TPSA) is 49.4 Å². The first-order valence-electron chi connectivity index (χ1n) is 11.1. The lowest BCUT2D eigenvalue weighted by Gasteiger charge is -2.31. The van der Waals surface area contributed by atoms with Crippen LogP contribution in [0.5, 0.6) is 0 Å². The summed E-state index contributed by atoms with van der Waals surface area (Å²) in [6.45, 7) is 6.84. The second-order valence-electron chi connectivity index (χ2n) is 7.70. The van der Waals surface area contributed by atoms with Crippen molar-refractivity contribution in [3.8, 4) is 0 Å². The van der Waals surface area contributed by atoms with Gasteiger partial charge < -0.3 is 10.2 Å². The summed E-state index contributed by atoms with van der Waals surface area (Å²) in [6, 6.07) is 12.9. The van der Waals surface area contributed by atoms with E-state index < -0.39 is 6.04 Å². The third-order valence-corrected chi connectivity index (χ3v) is 6.93. The van der Waals surface area contributed by atoms with E-state index >= 15 is 0 Å². The number of rotatable bonds is 12. The van der Waals surface area contributed by atoms with Crippen LogP contribution in [0.4, 0.5) is 0 Å². The molecule has 7 heteroatoms. The van der Waals surface area contributed by atoms with Crippen LogP contribution in [0.1, 0.15) is 50.7 Å². The van der Waals surface area contributed by atoms with Crippen LogP contribution in [0, 0.1) is 6.92 Å². The molecule has 0 aromatic heterocycles. The standard InChI is InChI=1S/C25H32Cl2N2O2S/c1-4-6-15-28-25(31)23(5-2)29(17-20-21(26)8-7-9-22(20)27)24(30)14-16-32-19-12-10-18(3)11-13-19/h7-13,23H,4-6,14-17H2,1-3H3,(H,28,31)/t23-/m1/s1. The molecular weight excluding hydrogens is 463 g/mol. The molecule has 2 aromatic carbocycles. The maximum absolute atomic E-state index is 13.3. The number of carbonyl (C=O) groups excluding carboxylic acids is 2. The first kappa shape index (κ1) is 26.6. The molecule has 2 rings (SSSR count). The van der Waals surface area contributed by atoms with E-state index in [1.165, 1.54) is 5.56 Å². The number of benzene rings is 2. The summed E-state index contributed by atoms with van der Waals surface area (Å²) in [5, 5.41) is 3.95. The van der Waals surface area contributed by atoms with E-state index in [1.54, 1.807) is 34.9 Å². The lowest BCUT2D eigenvalue weighted by atomic mass is 10.1. The Kier molecular flexibility index (Phi) is 11.4. The van der Waals surface area contributed by atoms with Gasteiger partial charge in [-0.05, 0) is 44.0 Å². The average molecular weight is 496 g/mol. The van der Waals surface area contributed by atoms with E-state index in [9.17, 15) is 9.59 Å². The number of halogens is 2. The Hall–Kier alpha value is -1.69. The van der Waals surface area contributed by atoms with Crippen molar-refractivity contribution < 1.29 is 9.59 Å². The molecule has 0 saturated heterocycles. The van der Waals surface area contributed by atoms with Crippen LogP contribution in [-0.4, -0.2) is 35.1 Å². The number of nitrogens with one attached hydrogen (secondary N) is 1. The van der Waals surface area contributed by atoms with E-state index in [-0.39, 0.29) is 18.4 Å². The van der Waals surface area contributed by atoms with Gasteiger partial charge in [0.25, 0.3) is 0 Å². The summed E-state index contributed by atoms with van der Waals surface area (Å²) in [4.78, 5) is 28.9. The van der Waals surface area contributed by atoms with E-state index in [0.717, 1.165) is 17.7 Å². The van der Waals surface area contributed by atoms with Crippen molar-refractivity contribution in [1.29, 1.82) is 0 Å². The van der Waals surface area contributed by atoms with Crippen LogP contribution in [0.3, 0.4) is 0 Å². The highest BCUT2D eigenvalue weighted by atomic mass is 35.5. The van der Waals surface area contributed by atoms with E-state index in [2.05, 4.69) is 36.5 Å². The molecule has 32 heavy (non-hydrogen) atoms. The summed E-state index contributed by atoms with van der Waals surface area (Å²) < 4.78 is 0. The second kappa shape index (κ2) is 13.8. The van der Waals surface area contributed by atoms with Crippen molar-refractivity contribution in [2.45, 2.75) is 63.9 Å². The Balaban J connectivity index is 2.16. The fourth-order valence-corrected chi connectivity index (χ4v) is 4.67. The minimum atomic E-state index is -0.573. The monoisotopic (exact) mass is 494 g/mol. The predicted molar refractivity (Wildman–Crippen MR) is 136 cm³/mol. The smallest absolute Gasteiger partial charge is 0.242 e. The van der Waals surface area contributed by atoms with Crippen LogP contribution in [0.2, 0.25) is 10.0 Å². The number of nitrogens with zero attached hydrogens (tertiary/aromatic N) is 1. The minimum Gasteiger partial charge on any atom is -0.354 e. The SMILES string of the molecule is CCCCNC(=O)[C@@H](CC)N(Cc1c(Cl)cccc1Cl)C(=O)CCSc1ccc(C)cc1. The van der Waals surface area contributed by atoms with Crippen LogP contribution in [0.15, 0.2) is 47.4 Å². The fourth-order valence-electron chi connectivity index (χ4n) is 3.31. The zero-order chi connectivity index (χ0) is 23.5. The molecule has 0 unspecified atom stereocenters. The molecule has 1 N–H and O–H groups in total. The maximum Gasteiger partial charge on any atom is 0.242 e. The second-order valence-corrected chi connectivity index (χ2v) is 9.68. The first-order chi connectivity index (χ1) is 15.4. The van der Waals surface area contributed by atoms with Gasteiger partial charge in [-0.15, -0.1) is 11.8 Å². The summed E-state index contributed by atoms with van der Waals surface area (Å²) in [5.41, 5.74) is 1.86. The van der Waals surface area contributed by atoms with Gasteiger partial charge in [0.05, 0.1) is 0 Å². The van der Waals surface area contributed by atoms with Gasteiger partial charge in [-0.2, -0.15) is 0 Å². The highest BCUT2D eigenvalue weighted by Gasteiger charge is 2.29. The van der Waals surface area contributed by atoms with Crippen LogP contribution < -0.4 is 5.32 Å². The highest BCUT2D eigenvalue weighted by Crippen LogP contribution is 2.28. The number of unbranched alkanes of at least 4 members (excludes halogenated alkanes) is 1. The largest absolute Gasteiger partial charge is 0.354 e. The zero-order valence-electron chi connectivity index (χ0n) is 19.0. The van der Waals surface area contributed by atoms with Gasteiger partial charge in [-0.1, -0.05) is 67.2 Å². The Bertz CT molecular complexity index is 870. The molecule has 0 saturated carbocycles. The van der Waals surface area contributed by atoms with Gasteiger partial charge in [-0.3, -0.25) is 9.59 Å². The number of carbonyl (C=O) groups is 2. The Morgan fingerprint density at radius 3 is 2.31 bits per heavy atom. The Morgan fingerprint density at radius 2 is 1.72 bits per heavy atom. The van der Waals surface area contributed by atoms with Gasteiger partial charge in [0.2, 0.25) is 11.8 Å². The van der Waals surface area contributed by atoms with E-state index in [0.29, 0.717) is 40.7 Å². The number of thioether (sulfide) groups is 1. The van der Waals surface area contributed by atoms with Crippen molar-refractivity contribution in [3.05, 3.63) is 63.6 Å². The van der Waals surface area contributed by atoms with Crippen molar-refractivity contribution in [3.63, 3.8) is 0 Å². The molecular formula is C25H32Cl2N2O2S. The zero-order valence-corrected chi connectivity index (χ0v) is 21.3. The first-order valence-corrected chi connectivity index (χ1v) is 12.8. The van der Waals surface area contributed by atoms with Crippen molar-refractivity contribution in [2.24, 2.45) is 0 Å². The molecule has 0 radical (unpaired) electrons. The minimum absolute atomic E-state index is 0.0851. The molecule has 2 aromatic rings. The van der Waals surface area contributed by atoms with Gasteiger partial charge >= 0.3 is 0 Å². The van der Waals surface area contributed by atoms with E-state index in [1.807, 2.05) is 13.8 Å². The normalized spacial score (nSPS) is 11.8. The molecule has 1 atom stereocenters. The summed E-state index contributed by atoms with van der Waals surface area (Å²) in [7, 11) is 0. The summed E-state index contributed by atoms with van der Waals surface area (Å²) >= 11 is 14.4. The van der Waals surface area contributed by atoms with Gasteiger partial charge in [0.15, 0.2) is 0 Å². The van der Waals surface area contributed by atoms with Crippen molar-refractivity contribution >= 4 is 46.8 Å². The molecule has 4 nitrogen and oxygen atoms in total. The lowest BCUT2D eigenvalue weighted by Crippen LogP contribution is -2.49. The maximum atomic E-state index is 13.3. The molecule has 0 aliphatic rings.